The first kappa shape index (κ1) is 28.8. The first-order chi connectivity index (χ1) is 16.6. The molecule has 4 nitrogen and oxygen atoms in total. The Labute approximate surface area is 205 Å². The van der Waals surface area contributed by atoms with Gasteiger partial charge in [0.1, 0.15) is 0 Å². The van der Waals surface area contributed by atoms with Crippen LogP contribution in [0.4, 0.5) is 0 Å². The Morgan fingerprint density at radius 2 is 1.24 bits per heavy atom. The molecule has 34 heavy (non-hydrogen) atoms. The van der Waals surface area contributed by atoms with Crippen molar-refractivity contribution in [1.29, 1.82) is 0 Å². The average Bonchev–Trinajstić information content (AvgIpc) is 2.83. The van der Waals surface area contributed by atoms with Crippen LogP contribution in [0.1, 0.15) is 63.9 Å². The predicted octanol–water partition coefficient (Wildman–Crippen LogP) is 7.66. The minimum atomic E-state index is -0.234. The number of allylic oxidation sites excluding steroid dienone is 12. The summed E-state index contributed by atoms with van der Waals surface area (Å²) >= 11 is 0. The molecule has 0 heterocycles. The Bertz CT molecular complexity index is 857. The summed E-state index contributed by atoms with van der Waals surface area (Å²) in [6.45, 7) is 2.40. The van der Waals surface area contributed by atoms with Crippen LogP contribution >= 0.6 is 0 Å². The quantitative estimate of drug-likeness (QED) is 0.141. The monoisotopic (exact) mass is 464 g/mol. The van der Waals surface area contributed by atoms with Gasteiger partial charge in [-0.1, -0.05) is 85.9 Å². The fraction of sp³-hybridized carbons (Fsp3) is 0.367. The third-order valence-electron chi connectivity index (χ3n) is 4.81. The third kappa shape index (κ3) is 16.4. The topological polar surface area (TPSA) is 66.8 Å². The largest absolute Gasteiger partial charge is 0.504 e. The number of hydrogen-bond donors (Lipinski definition) is 2. The molecule has 0 aliphatic rings. The summed E-state index contributed by atoms with van der Waals surface area (Å²) < 4.78 is 5.20. The molecule has 4 heteroatoms. The van der Waals surface area contributed by atoms with Gasteiger partial charge in [0.05, 0.1) is 6.61 Å². The van der Waals surface area contributed by atoms with Crippen molar-refractivity contribution in [1.82, 2.24) is 0 Å². The molecule has 0 atom stereocenters. The molecule has 0 saturated heterocycles. The lowest BCUT2D eigenvalue weighted by Crippen LogP contribution is -2.07. The lowest BCUT2D eigenvalue weighted by Gasteiger charge is -2.05. The Morgan fingerprint density at radius 3 is 1.74 bits per heavy atom. The molecular weight excluding hydrogens is 424 g/mol. The standard InChI is InChI=1S/C30H40O4/c1-2-3-4-5-6-7-8-9-10-11-12-13-14-15-16-17-18-19-20-21-30(33)34-25-24-27-22-23-28(31)29(32)26-27/h3-4,6-7,9-10,12-13,15-16,18-19,22-23,26,31-32H,2,5,8,11,14,17,20-21,24-25H2,1H3/b4-3-,7-6-,10-9-,13-12-,16-15-,19-18-. The summed E-state index contributed by atoms with van der Waals surface area (Å²) in [5.74, 6) is -0.555. The lowest BCUT2D eigenvalue weighted by atomic mass is 10.1. The van der Waals surface area contributed by atoms with Crippen molar-refractivity contribution in [3.05, 3.63) is 96.7 Å². The number of hydrogen-bond acceptors (Lipinski definition) is 4. The number of aromatic hydroxyl groups is 2. The molecule has 2 N–H and O–H groups in total. The van der Waals surface area contributed by atoms with Gasteiger partial charge in [-0.05, 0) is 62.6 Å². The number of benzene rings is 1. The van der Waals surface area contributed by atoms with Crippen molar-refractivity contribution < 1.29 is 19.7 Å². The Balaban J connectivity index is 2.00. The van der Waals surface area contributed by atoms with Gasteiger partial charge >= 0.3 is 5.97 Å². The molecule has 0 saturated carbocycles. The fourth-order valence-corrected chi connectivity index (χ4v) is 2.92. The second kappa shape index (κ2) is 20.3. The van der Waals surface area contributed by atoms with E-state index in [2.05, 4.69) is 73.8 Å². The van der Waals surface area contributed by atoms with Crippen molar-refractivity contribution in [3.8, 4) is 11.5 Å². The van der Waals surface area contributed by atoms with Crippen LogP contribution < -0.4 is 0 Å². The molecule has 0 bridgehead atoms. The van der Waals surface area contributed by atoms with E-state index in [1.165, 1.54) is 12.1 Å². The van der Waals surface area contributed by atoms with Gasteiger partial charge in [0.2, 0.25) is 0 Å². The maximum atomic E-state index is 11.8. The van der Waals surface area contributed by atoms with E-state index in [-0.39, 0.29) is 24.1 Å². The zero-order chi connectivity index (χ0) is 24.7. The summed E-state index contributed by atoms with van der Waals surface area (Å²) in [6.07, 6.45) is 33.2. The fourth-order valence-electron chi connectivity index (χ4n) is 2.92. The highest BCUT2D eigenvalue weighted by atomic mass is 16.5. The second-order valence-electron chi connectivity index (χ2n) is 7.75. The van der Waals surface area contributed by atoms with Gasteiger partial charge in [0.25, 0.3) is 0 Å². The summed E-state index contributed by atoms with van der Waals surface area (Å²) in [4.78, 5) is 11.8. The minimum absolute atomic E-state index is 0.155. The molecule has 0 aliphatic heterocycles. The van der Waals surface area contributed by atoms with Crippen molar-refractivity contribution in [2.24, 2.45) is 0 Å². The van der Waals surface area contributed by atoms with E-state index in [9.17, 15) is 15.0 Å². The number of rotatable bonds is 17. The van der Waals surface area contributed by atoms with Crippen LogP contribution in [-0.4, -0.2) is 22.8 Å². The number of ether oxygens (including phenoxy) is 1. The predicted molar refractivity (Wildman–Crippen MR) is 142 cm³/mol. The molecule has 0 amide bonds. The highest BCUT2D eigenvalue weighted by Crippen LogP contribution is 2.24. The zero-order valence-corrected chi connectivity index (χ0v) is 20.4. The first-order valence-electron chi connectivity index (χ1n) is 12.2. The van der Waals surface area contributed by atoms with Crippen molar-refractivity contribution in [2.45, 2.75) is 64.7 Å². The molecule has 1 aromatic rings. The van der Waals surface area contributed by atoms with E-state index in [0.29, 0.717) is 19.3 Å². The van der Waals surface area contributed by atoms with Gasteiger partial charge in [-0.15, -0.1) is 0 Å². The second-order valence-corrected chi connectivity index (χ2v) is 7.75. The highest BCUT2D eigenvalue weighted by molar-refractivity contribution is 5.69. The summed E-state index contributed by atoms with van der Waals surface area (Å²) in [7, 11) is 0. The van der Waals surface area contributed by atoms with Crippen molar-refractivity contribution in [2.75, 3.05) is 6.61 Å². The first-order valence-corrected chi connectivity index (χ1v) is 12.2. The van der Waals surface area contributed by atoms with Gasteiger partial charge in [-0.25, -0.2) is 0 Å². The number of carbonyl (C=O) groups is 1. The smallest absolute Gasteiger partial charge is 0.306 e. The molecule has 0 radical (unpaired) electrons. The van der Waals surface area contributed by atoms with E-state index < -0.39 is 0 Å². The van der Waals surface area contributed by atoms with Gasteiger partial charge < -0.3 is 14.9 Å². The lowest BCUT2D eigenvalue weighted by molar-refractivity contribution is -0.143. The number of esters is 1. The number of phenolic OH excluding ortho intramolecular Hbond substituents is 2. The van der Waals surface area contributed by atoms with E-state index in [0.717, 1.165) is 44.1 Å². The van der Waals surface area contributed by atoms with Crippen LogP contribution in [-0.2, 0) is 16.0 Å². The van der Waals surface area contributed by atoms with Crippen LogP contribution in [0.2, 0.25) is 0 Å². The van der Waals surface area contributed by atoms with Gasteiger partial charge in [0.15, 0.2) is 11.5 Å². The molecule has 184 valence electrons. The molecule has 0 aliphatic carbocycles. The molecule has 0 aromatic heterocycles. The molecule has 0 unspecified atom stereocenters. The highest BCUT2D eigenvalue weighted by Gasteiger charge is 2.04. The zero-order valence-electron chi connectivity index (χ0n) is 20.4. The maximum Gasteiger partial charge on any atom is 0.306 e. The molecule has 1 aromatic carbocycles. The minimum Gasteiger partial charge on any atom is -0.504 e. The Kier molecular flexibility index (Phi) is 17.2. The normalized spacial score (nSPS) is 12.5. The summed E-state index contributed by atoms with van der Waals surface area (Å²) in [5.41, 5.74) is 0.806. The van der Waals surface area contributed by atoms with E-state index in [1.54, 1.807) is 6.07 Å². The molecule has 0 spiro atoms. The van der Waals surface area contributed by atoms with Crippen molar-refractivity contribution >= 4 is 5.97 Å². The molecule has 1 rings (SSSR count). The van der Waals surface area contributed by atoms with Crippen LogP contribution in [0.5, 0.6) is 11.5 Å². The van der Waals surface area contributed by atoms with Crippen molar-refractivity contribution in [3.63, 3.8) is 0 Å². The molecular formula is C30H40O4. The third-order valence-corrected chi connectivity index (χ3v) is 4.81. The SMILES string of the molecule is CC/C=C\C/C=C\C/C=C\C/C=C\C/C=C\C/C=C\CCC(=O)OCCc1ccc(O)c(O)c1. The number of phenols is 2. The van der Waals surface area contributed by atoms with Gasteiger partial charge in [-0.2, -0.15) is 0 Å². The van der Waals surface area contributed by atoms with Crippen LogP contribution in [0.15, 0.2) is 91.1 Å². The van der Waals surface area contributed by atoms with Crippen LogP contribution in [0, 0.1) is 0 Å². The van der Waals surface area contributed by atoms with Gasteiger partial charge in [0, 0.05) is 12.8 Å². The van der Waals surface area contributed by atoms with Crippen LogP contribution in [0.3, 0.4) is 0 Å². The summed E-state index contributed by atoms with van der Waals surface area (Å²) in [5, 5.41) is 18.7. The molecule has 0 fully saturated rings. The summed E-state index contributed by atoms with van der Waals surface area (Å²) in [6, 6.07) is 4.59. The van der Waals surface area contributed by atoms with Gasteiger partial charge in [-0.3, -0.25) is 4.79 Å². The van der Waals surface area contributed by atoms with E-state index in [4.69, 9.17) is 4.74 Å². The Morgan fingerprint density at radius 1 is 0.735 bits per heavy atom. The maximum absolute atomic E-state index is 11.8. The Hall–Kier alpha value is -3.27. The van der Waals surface area contributed by atoms with Crippen LogP contribution in [0.25, 0.3) is 0 Å². The van der Waals surface area contributed by atoms with E-state index >= 15 is 0 Å². The number of carbonyl (C=O) groups excluding carboxylic acids is 1. The van der Waals surface area contributed by atoms with E-state index in [1.807, 2.05) is 6.08 Å². The average molecular weight is 465 g/mol.